The van der Waals surface area contributed by atoms with Crippen molar-refractivity contribution >= 4 is 6.47 Å². The van der Waals surface area contributed by atoms with Crippen LogP contribution >= 0.6 is 0 Å². The van der Waals surface area contributed by atoms with Crippen LogP contribution < -0.4 is 0 Å². The predicted octanol–water partition coefficient (Wildman–Crippen LogP) is 1.42. The van der Waals surface area contributed by atoms with Crippen molar-refractivity contribution < 1.29 is 9.53 Å². The van der Waals surface area contributed by atoms with Crippen LogP contribution in [-0.2, 0) is 9.53 Å². The molecular formula is C7H11O2. The van der Waals surface area contributed by atoms with Gasteiger partial charge in [-0.05, 0) is 26.3 Å². The molecule has 0 N–H and O–H groups in total. The summed E-state index contributed by atoms with van der Waals surface area (Å²) in [5.74, 6) is 0. The summed E-state index contributed by atoms with van der Waals surface area (Å²) in [6, 6.07) is 0. The fourth-order valence-electron chi connectivity index (χ4n) is 0.191. The largest absolute Gasteiger partial charge is 0.447 e. The first-order valence-corrected chi connectivity index (χ1v) is 2.72. The van der Waals surface area contributed by atoms with Crippen LogP contribution in [0, 0.1) is 0 Å². The van der Waals surface area contributed by atoms with Crippen molar-refractivity contribution in [3.63, 3.8) is 0 Å². The summed E-state index contributed by atoms with van der Waals surface area (Å²) < 4.78 is 4.59. The maximum Gasteiger partial charge on any atom is 0.418 e. The SMILES string of the molecule is C=C(C)C(C)(C)O[C]=O. The molecule has 0 spiro atoms. The van der Waals surface area contributed by atoms with Gasteiger partial charge in [0.2, 0.25) is 0 Å². The van der Waals surface area contributed by atoms with Crippen LogP contribution in [0.2, 0.25) is 0 Å². The van der Waals surface area contributed by atoms with Gasteiger partial charge in [-0.1, -0.05) is 6.58 Å². The quantitative estimate of drug-likeness (QED) is 0.536. The van der Waals surface area contributed by atoms with Gasteiger partial charge in [0.25, 0.3) is 0 Å². The lowest BCUT2D eigenvalue weighted by Crippen LogP contribution is -2.24. The van der Waals surface area contributed by atoms with Crippen LogP contribution in [0.4, 0.5) is 0 Å². The van der Waals surface area contributed by atoms with E-state index in [0.717, 1.165) is 5.57 Å². The monoisotopic (exact) mass is 127 g/mol. The van der Waals surface area contributed by atoms with E-state index in [1.165, 1.54) is 6.47 Å². The summed E-state index contributed by atoms with van der Waals surface area (Å²) in [5.41, 5.74) is 0.243. The van der Waals surface area contributed by atoms with E-state index in [1.54, 1.807) is 20.8 Å². The molecule has 0 saturated heterocycles. The van der Waals surface area contributed by atoms with Crippen LogP contribution in [0.1, 0.15) is 20.8 Å². The van der Waals surface area contributed by atoms with Crippen molar-refractivity contribution in [2.45, 2.75) is 26.4 Å². The van der Waals surface area contributed by atoms with E-state index in [9.17, 15) is 4.79 Å². The number of carbonyl (C=O) groups excluding carboxylic acids is 1. The molecule has 0 rings (SSSR count). The zero-order chi connectivity index (χ0) is 7.49. The molecule has 51 valence electrons. The van der Waals surface area contributed by atoms with Gasteiger partial charge in [0, 0.05) is 0 Å². The Morgan fingerprint density at radius 2 is 2.11 bits per heavy atom. The first-order valence-electron chi connectivity index (χ1n) is 2.72. The lowest BCUT2D eigenvalue weighted by Gasteiger charge is -2.21. The van der Waals surface area contributed by atoms with Gasteiger partial charge in [0.05, 0.1) is 0 Å². The van der Waals surface area contributed by atoms with Crippen LogP contribution in [-0.4, -0.2) is 12.1 Å². The van der Waals surface area contributed by atoms with E-state index in [2.05, 4.69) is 11.3 Å². The van der Waals surface area contributed by atoms with Crippen molar-refractivity contribution in [3.05, 3.63) is 12.2 Å². The third kappa shape index (κ3) is 2.31. The molecule has 0 aliphatic heterocycles. The molecule has 0 aliphatic rings. The molecule has 0 amide bonds. The van der Waals surface area contributed by atoms with Crippen molar-refractivity contribution in [1.29, 1.82) is 0 Å². The Morgan fingerprint density at radius 3 is 2.22 bits per heavy atom. The standard InChI is InChI=1S/C7H11O2/c1-6(2)7(3,4)9-5-8/h1H2,2-4H3. The highest BCUT2D eigenvalue weighted by atomic mass is 16.5. The molecule has 0 fully saturated rings. The molecule has 2 nitrogen and oxygen atoms in total. The maximum atomic E-state index is 9.74. The molecule has 1 radical (unpaired) electrons. The Bertz CT molecular complexity index is 125. The smallest absolute Gasteiger partial charge is 0.418 e. The van der Waals surface area contributed by atoms with Gasteiger partial charge in [-0.3, -0.25) is 0 Å². The Balaban J connectivity index is 4.00. The highest BCUT2D eigenvalue weighted by molar-refractivity contribution is 5.40. The zero-order valence-corrected chi connectivity index (χ0v) is 6.02. The fourth-order valence-corrected chi connectivity index (χ4v) is 0.191. The van der Waals surface area contributed by atoms with Gasteiger partial charge in [0.1, 0.15) is 5.60 Å². The number of ether oxygens (including phenoxy) is 1. The summed E-state index contributed by atoms with van der Waals surface area (Å²) >= 11 is 0. The molecule has 0 saturated carbocycles. The highest BCUT2D eigenvalue weighted by Crippen LogP contribution is 2.16. The molecule has 2 heteroatoms. The molecule has 0 aromatic carbocycles. The third-order valence-corrected chi connectivity index (χ3v) is 1.32. The van der Waals surface area contributed by atoms with Crippen molar-refractivity contribution in [1.82, 2.24) is 0 Å². The van der Waals surface area contributed by atoms with Crippen molar-refractivity contribution in [3.8, 4) is 0 Å². The number of rotatable bonds is 3. The summed E-state index contributed by atoms with van der Waals surface area (Å²) in [7, 11) is 0. The van der Waals surface area contributed by atoms with Crippen LogP contribution in [0.5, 0.6) is 0 Å². The van der Waals surface area contributed by atoms with E-state index < -0.39 is 5.60 Å². The van der Waals surface area contributed by atoms with Gasteiger partial charge in [-0.25, -0.2) is 4.79 Å². The second-order valence-corrected chi connectivity index (χ2v) is 2.48. The minimum absolute atomic E-state index is 0.568. The van der Waals surface area contributed by atoms with Crippen molar-refractivity contribution in [2.75, 3.05) is 0 Å². The molecule has 0 bridgehead atoms. The first kappa shape index (κ1) is 8.21. The Kier molecular flexibility index (Phi) is 2.43. The second kappa shape index (κ2) is 2.67. The molecule has 0 aromatic rings. The summed E-state index contributed by atoms with van der Waals surface area (Å²) in [4.78, 5) is 9.74. The minimum atomic E-state index is -0.568. The normalized spacial score (nSPS) is 10.6. The van der Waals surface area contributed by atoms with E-state index in [-0.39, 0.29) is 0 Å². The average molecular weight is 127 g/mol. The van der Waals surface area contributed by atoms with Gasteiger partial charge in [-0.2, -0.15) is 0 Å². The van der Waals surface area contributed by atoms with E-state index >= 15 is 0 Å². The summed E-state index contributed by atoms with van der Waals surface area (Å²) in [6.07, 6.45) is 0. The highest BCUT2D eigenvalue weighted by Gasteiger charge is 2.19. The van der Waals surface area contributed by atoms with Crippen LogP contribution in [0.15, 0.2) is 12.2 Å². The lowest BCUT2D eigenvalue weighted by molar-refractivity contribution is 0.127. The average Bonchev–Trinajstić information content (AvgIpc) is 1.65. The molecule has 0 aliphatic carbocycles. The Hall–Kier alpha value is -0.790. The molecule has 9 heavy (non-hydrogen) atoms. The van der Waals surface area contributed by atoms with E-state index in [1.807, 2.05) is 0 Å². The predicted molar refractivity (Wildman–Crippen MR) is 35.7 cm³/mol. The molecule has 0 unspecified atom stereocenters. The van der Waals surface area contributed by atoms with Gasteiger partial charge in [-0.15, -0.1) is 0 Å². The van der Waals surface area contributed by atoms with Gasteiger partial charge in [0.15, 0.2) is 0 Å². The Labute approximate surface area is 55.5 Å². The molecule has 0 heterocycles. The Morgan fingerprint density at radius 1 is 1.67 bits per heavy atom. The lowest BCUT2D eigenvalue weighted by atomic mass is 10.0. The first-order chi connectivity index (χ1) is 4.00. The fraction of sp³-hybridized carbons (Fsp3) is 0.571. The van der Waals surface area contributed by atoms with Crippen LogP contribution in [0.3, 0.4) is 0 Å². The third-order valence-electron chi connectivity index (χ3n) is 1.32. The van der Waals surface area contributed by atoms with Crippen LogP contribution in [0.25, 0.3) is 0 Å². The molecule has 0 atom stereocenters. The topological polar surface area (TPSA) is 26.3 Å². The van der Waals surface area contributed by atoms with E-state index in [0.29, 0.717) is 0 Å². The zero-order valence-electron chi connectivity index (χ0n) is 6.02. The molecule has 0 aromatic heterocycles. The number of hydrogen-bond acceptors (Lipinski definition) is 2. The molecular weight excluding hydrogens is 116 g/mol. The summed E-state index contributed by atoms with van der Waals surface area (Å²) in [5, 5.41) is 0. The summed E-state index contributed by atoms with van der Waals surface area (Å²) in [6.45, 7) is 10.4. The minimum Gasteiger partial charge on any atom is -0.447 e. The van der Waals surface area contributed by atoms with Crippen molar-refractivity contribution in [2.24, 2.45) is 0 Å². The van der Waals surface area contributed by atoms with Gasteiger partial charge < -0.3 is 4.74 Å². The number of hydrogen-bond donors (Lipinski definition) is 0. The maximum absolute atomic E-state index is 9.74. The van der Waals surface area contributed by atoms with E-state index in [4.69, 9.17) is 0 Å². The second-order valence-electron chi connectivity index (χ2n) is 2.48. The van der Waals surface area contributed by atoms with Gasteiger partial charge >= 0.3 is 6.47 Å².